The molecule has 0 atom stereocenters. The highest BCUT2D eigenvalue weighted by Crippen LogP contribution is 2.22. The molecule has 0 saturated heterocycles. The number of benzene rings is 1. The monoisotopic (exact) mass is 301 g/mol. The Hall–Kier alpha value is -1.64. The average molecular weight is 301 g/mol. The maximum Gasteiger partial charge on any atom is 0.243 e. The van der Waals surface area contributed by atoms with Crippen LogP contribution in [0.4, 0.5) is 5.69 Å². The van der Waals surface area contributed by atoms with E-state index in [0.29, 0.717) is 0 Å². The van der Waals surface area contributed by atoms with E-state index >= 15 is 0 Å². The molecule has 1 aromatic rings. The van der Waals surface area contributed by atoms with Crippen molar-refractivity contribution in [2.24, 2.45) is 5.73 Å². The van der Waals surface area contributed by atoms with Crippen molar-refractivity contribution in [3.8, 4) is 0 Å². The van der Waals surface area contributed by atoms with Crippen LogP contribution < -0.4 is 16.2 Å². The van der Waals surface area contributed by atoms with Gasteiger partial charge in [-0.05, 0) is 37.1 Å². The topological polar surface area (TPSA) is 125 Å². The van der Waals surface area contributed by atoms with Gasteiger partial charge < -0.3 is 16.2 Å². The molecule has 112 valence electrons. The van der Waals surface area contributed by atoms with Crippen LogP contribution in [0.2, 0.25) is 0 Å². The van der Waals surface area contributed by atoms with Crippen LogP contribution >= 0.6 is 0 Å². The molecule has 8 heteroatoms. The largest absolute Gasteiger partial charge is 0.398 e. The molecule has 0 aromatic heterocycles. The van der Waals surface area contributed by atoms with E-state index in [2.05, 4.69) is 4.72 Å². The summed E-state index contributed by atoms with van der Waals surface area (Å²) in [6, 6.07) is 3.14. The Morgan fingerprint density at radius 1 is 1.30 bits per heavy atom. The second-order valence-corrected chi connectivity index (χ2v) is 6.13. The zero-order chi connectivity index (χ0) is 15.3. The molecule has 1 rings (SSSR count). The second-order valence-electron chi connectivity index (χ2n) is 4.39. The minimum absolute atomic E-state index is 0.0297. The van der Waals surface area contributed by atoms with Crippen molar-refractivity contribution in [2.45, 2.75) is 18.7 Å². The van der Waals surface area contributed by atoms with Crippen molar-refractivity contribution in [3.63, 3.8) is 0 Å². The van der Waals surface area contributed by atoms with Crippen LogP contribution in [-0.2, 0) is 19.6 Å². The first-order chi connectivity index (χ1) is 9.24. The van der Waals surface area contributed by atoms with Crippen LogP contribution in [0.25, 0.3) is 0 Å². The summed E-state index contributed by atoms with van der Waals surface area (Å²) in [5, 5.41) is 0. The third-order valence-corrected chi connectivity index (χ3v) is 4.22. The van der Waals surface area contributed by atoms with Gasteiger partial charge in [-0.2, -0.15) is 0 Å². The van der Waals surface area contributed by atoms with Gasteiger partial charge in [0.05, 0.1) is 12.3 Å². The summed E-state index contributed by atoms with van der Waals surface area (Å²) in [5.41, 5.74) is 12.6. The Kier molecular flexibility index (Phi) is 5.49. The molecular weight excluding hydrogens is 282 g/mol. The first-order valence-electron chi connectivity index (χ1n) is 5.96. The van der Waals surface area contributed by atoms with E-state index in [4.69, 9.17) is 16.2 Å². The Bertz CT molecular complexity index is 599. The number of nitrogens with one attached hydrogen (secondary N) is 1. The molecule has 0 spiro atoms. The number of hydrogen-bond donors (Lipinski definition) is 3. The van der Waals surface area contributed by atoms with Gasteiger partial charge in [-0.3, -0.25) is 4.79 Å². The summed E-state index contributed by atoms with van der Waals surface area (Å²) >= 11 is 0. The molecule has 0 aliphatic heterocycles. The third kappa shape index (κ3) is 4.48. The van der Waals surface area contributed by atoms with Gasteiger partial charge in [-0.25, -0.2) is 13.1 Å². The fourth-order valence-electron chi connectivity index (χ4n) is 1.54. The van der Waals surface area contributed by atoms with Crippen LogP contribution in [0.1, 0.15) is 11.1 Å². The zero-order valence-electron chi connectivity index (χ0n) is 11.5. The molecule has 0 bridgehead atoms. The molecule has 5 N–H and O–H groups in total. The molecule has 0 unspecified atom stereocenters. The summed E-state index contributed by atoms with van der Waals surface area (Å²) in [7, 11) is -3.70. The smallest absolute Gasteiger partial charge is 0.243 e. The molecule has 7 nitrogen and oxygen atoms in total. The number of nitrogen functional groups attached to an aromatic ring is 1. The Labute approximate surface area is 118 Å². The number of rotatable bonds is 7. The fourth-order valence-corrected chi connectivity index (χ4v) is 2.75. The van der Waals surface area contributed by atoms with E-state index in [-0.39, 0.29) is 30.3 Å². The van der Waals surface area contributed by atoms with Crippen LogP contribution in [0.15, 0.2) is 17.0 Å². The first kappa shape index (κ1) is 16.4. The number of carbonyl (C=O) groups excluding carboxylic acids is 1. The highest BCUT2D eigenvalue weighted by molar-refractivity contribution is 7.89. The van der Waals surface area contributed by atoms with Gasteiger partial charge in [0, 0.05) is 6.54 Å². The fraction of sp³-hybridized carbons (Fsp3) is 0.417. The predicted octanol–water partition coefficient (Wildman–Crippen LogP) is -0.334. The van der Waals surface area contributed by atoms with Crippen molar-refractivity contribution in [1.82, 2.24) is 4.72 Å². The maximum atomic E-state index is 12.1. The summed E-state index contributed by atoms with van der Waals surface area (Å²) in [5.74, 6) is -0.605. The van der Waals surface area contributed by atoms with Crippen molar-refractivity contribution >= 4 is 21.6 Å². The lowest BCUT2D eigenvalue weighted by molar-refractivity contribution is -0.122. The predicted molar refractivity (Wildman–Crippen MR) is 75.5 cm³/mol. The zero-order valence-corrected chi connectivity index (χ0v) is 12.3. The van der Waals surface area contributed by atoms with Gasteiger partial charge in [-0.1, -0.05) is 0 Å². The lowest BCUT2D eigenvalue weighted by atomic mass is 10.1. The van der Waals surface area contributed by atoms with E-state index in [1.54, 1.807) is 6.07 Å². The molecule has 0 saturated carbocycles. The number of carbonyl (C=O) groups is 1. The highest BCUT2D eigenvalue weighted by atomic mass is 32.2. The van der Waals surface area contributed by atoms with E-state index < -0.39 is 15.9 Å². The van der Waals surface area contributed by atoms with E-state index in [0.717, 1.165) is 11.1 Å². The standard InChI is InChI=1S/C12H19N3O4S/c1-8-5-10(13)11(6-9(8)2)20(17,18)15-3-4-19-7-12(14)16/h5-6,15H,3-4,7,13H2,1-2H3,(H2,14,16). The molecule has 20 heavy (non-hydrogen) atoms. The van der Waals surface area contributed by atoms with Crippen molar-refractivity contribution in [1.29, 1.82) is 0 Å². The van der Waals surface area contributed by atoms with Crippen LogP contribution in [0, 0.1) is 13.8 Å². The third-order valence-electron chi connectivity index (χ3n) is 2.70. The number of sulfonamides is 1. The maximum absolute atomic E-state index is 12.1. The molecule has 0 heterocycles. The lowest BCUT2D eigenvalue weighted by Gasteiger charge is -2.11. The summed E-state index contributed by atoms with van der Waals surface area (Å²) in [6.45, 7) is 3.50. The molecule has 0 aliphatic carbocycles. The minimum Gasteiger partial charge on any atom is -0.398 e. The minimum atomic E-state index is -3.70. The first-order valence-corrected chi connectivity index (χ1v) is 7.45. The van der Waals surface area contributed by atoms with Gasteiger partial charge in [-0.15, -0.1) is 0 Å². The van der Waals surface area contributed by atoms with Crippen molar-refractivity contribution in [3.05, 3.63) is 23.3 Å². The second kappa shape index (κ2) is 6.69. The van der Waals surface area contributed by atoms with Gasteiger partial charge in [0.2, 0.25) is 15.9 Å². The van der Waals surface area contributed by atoms with Crippen LogP contribution in [-0.4, -0.2) is 34.1 Å². The van der Waals surface area contributed by atoms with Gasteiger partial charge in [0.1, 0.15) is 11.5 Å². The average Bonchev–Trinajstić information content (AvgIpc) is 2.32. The number of anilines is 1. The van der Waals surface area contributed by atoms with Crippen molar-refractivity contribution in [2.75, 3.05) is 25.5 Å². The Balaban J connectivity index is 2.70. The van der Waals surface area contributed by atoms with E-state index in [9.17, 15) is 13.2 Å². The normalized spacial score (nSPS) is 11.5. The molecule has 0 aliphatic rings. The SMILES string of the molecule is Cc1cc(N)c(S(=O)(=O)NCCOCC(N)=O)cc1C. The molecular formula is C12H19N3O4S. The van der Waals surface area contributed by atoms with E-state index in [1.165, 1.54) is 6.07 Å². The van der Waals surface area contributed by atoms with Gasteiger partial charge >= 0.3 is 0 Å². The number of hydrogen-bond acceptors (Lipinski definition) is 5. The van der Waals surface area contributed by atoms with Crippen LogP contribution in [0.5, 0.6) is 0 Å². The summed E-state index contributed by atoms with van der Waals surface area (Å²) in [6.07, 6.45) is 0. The van der Waals surface area contributed by atoms with Gasteiger partial charge in [0.15, 0.2) is 0 Å². The number of nitrogens with two attached hydrogens (primary N) is 2. The molecule has 0 fully saturated rings. The number of aryl methyl sites for hydroxylation is 2. The number of amides is 1. The summed E-state index contributed by atoms with van der Waals surface area (Å²) in [4.78, 5) is 10.5. The van der Waals surface area contributed by atoms with E-state index in [1.807, 2.05) is 13.8 Å². The summed E-state index contributed by atoms with van der Waals surface area (Å²) < 4.78 is 31.4. The molecule has 0 radical (unpaired) electrons. The quantitative estimate of drug-likeness (QED) is 0.469. The number of primary amides is 1. The lowest BCUT2D eigenvalue weighted by Crippen LogP contribution is -2.29. The Morgan fingerprint density at radius 3 is 2.50 bits per heavy atom. The molecule has 1 amide bonds. The van der Waals surface area contributed by atoms with Crippen LogP contribution in [0.3, 0.4) is 0 Å². The molecule has 1 aromatic carbocycles. The van der Waals surface area contributed by atoms with Crippen molar-refractivity contribution < 1.29 is 17.9 Å². The number of ether oxygens (including phenoxy) is 1. The highest BCUT2D eigenvalue weighted by Gasteiger charge is 2.17. The Morgan fingerprint density at radius 2 is 1.90 bits per heavy atom. The van der Waals surface area contributed by atoms with Gasteiger partial charge in [0.25, 0.3) is 0 Å².